The van der Waals surface area contributed by atoms with Gasteiger partial charge in [0.25, 0.3) is 0 Å². The SMILES string of the molecule is CNC(CNCCc1cc(C)ccc1C)C(=O)O. The molecule has 100 valence electrons. The van der Waals surface area contributed by atoms with Crippen molar-refractivity contribution in [3.63, 3.8) is 0 Å². The Labute approximate surface area is 108 Å². The highest BCUT2D eigenvalue weighted by atomic mass is 16.4. The molecule has 0 spiro atoms. The van der Waals surface area contributed by atoms with E-state index in [1.54, 1.807) is 7.05 Å². The monoisotopic (exact) mass is 250 g/mol. The van der Waals surface area contributed by atoms with Crippen molar-refractivity contribution < 1.29 is 9.90 Å². The summed E-state index contributed by atoms with van der Waals surface area (Å²) >= 11 is 0. The van der Waals surface area contributed by atoms with Crippen molar-refractivity contribution in [2.24, 2.45) is 0 Å². The predicted molar refractivity (Wildman–Crippen MR) is 73.0 cm³/mol. The van der Waals surface area contributed by atoms with Gasteiger partial charge in [0.15, 0.2) is 0 Å². The molecule has 1 aromatic carbocycles. The van der Waals surface area contributed by atoms with Crippen molar-refractivity contribution in [3.8, 4) is 0 Å². The number of hydrogen-bond donors (Lipinski definition) is 3. The molecule has 0 fully saturated rings. The molecule has 0 saturated heterocycles. The molecule has 0 radical (unpaired) electrons. The van der Waals surface area contributed by atoms with Gasteiger partial charge in [-0.25, -0.2) is 0 Å². The average Bonchev–Trinajstić information content (AvgIpc) is 2.33. The number of nitrogens with one attached hydrogen (secondary N) is 2. The van der Waals surface area contributed by atoms with Crippen molar-refractivity contribution in [3.05, 3.63) is 34.9 Å². The molecule has 0 aliphatic carbocycles. The first-order valence-corrected chi connectivity index (χ1v) is 6.21. The Morgan fingerprint density at radius 1 is 1.39 bits per heavy atom. The summed E-state index contributed by atoms with van der Waals surface area (Å²) in [7, 11) is 1.66. The lowest BCUT2D eigenvalue weighted by Crippen LogP contribution is -2.43. The lowest BCUT2D eigenvalue weighted by atomic mass is 10.0. The maximum absolute atomic E-state index is 10.8. The molecule has 1 unspecified atom stereocenters. The molecule has 0 amide bonds. The van der Waals surface area contributed by atoms with Gasteiger partial charge in [0.2, 0.25) is 0 Å². The minimum absolute atomic E-state index is 0.441. The number of rotatable bonds is 7. The summed E-state index contributed by atoms with van der Waals surface area (Å²) in [5.41, 5.74) is 3.86. The molecular weight excluding hydrogens is 228 g/mol. The Balaban J connectivity index is 2.37. The Kier molecular flexibility index (Phi) is 5.82. The van der Waals surface area contributed by atoms with E-state index in [2.05, 4.69) is 42.7 Å². The number of carboxylic acid groups (broad SMARTS) is 1. The first-order valence-electron chi connectivity index (χ1n) is 6.21. The number of carboxylic acids is 1. The van der Waals surface area contributed by atoms with Crippen molar-refractivity contribution in [2.75, 3.05) is 20.1 Å². The van der Waals surface area contributed by atoms with Gasteiger partial charge < -0.3 is 15.7 Å². The maximum Gasteiger partial charge on any atom is 0.322 e. The van der Waals surface area contributed by atoms with E-state index in [0.29, 0.717) is 6.54 Å². The molecule has 0 aromatic heterocycles. The van der Waals surface area contributed by atoms with Crippen molar-refractivity contribution in [2.45, 2.75) is 26.3 Å². The van der Waals surface area contributed by atoms with E-state index < -0.39 is 12.0 Å². The van der Waals surface area contributed by atoms with Crippen LogP contribution in [0.15, 0.2) is 18.2 Å². The molecule has 3 N–H and O–H groups in total. The van der Waals surface area contributed by atoms with Crippen LogP contribution < -0.4 is 10.6 Å². The third-order valence-electron chi connectivity index (χ3n) is 3.07. The van der Waals surface area contributed by atoms with Crippen LogP contribution in [0.4, 0.5) is 0 Å². The van der Waals surface area contributed by atoms with Crippen LogP contribution in [-0.4, -0.2) is 37.3 Å². The molecule has 18 heavy (non-hydrogen) atoms. The van der Waals surface area contributed by atoms with E-state index in [9.17, 15) is 4.79 Å². The van der Waals surface area contributed by atoms with Crippen LogP contribution in [0, 0.1) is 13.8 Å². The van der Waals surface area contributed by atoms with Gasteiger partial charge in [0.05, 0.1) is 0 Å². The summed E-state index contributed by atoms with van der Waals surface area (Å²) in [6.07, 6.45) is 0.920. The third-order valence-corrected chi connectivity index (χ3v) is 3.07. The molecule has 4 nitrogen and oxygen atoms in total. The second kappa shape index (κ2) is 7.13. The minimum atomic E-state index is -0.822. The van der Waals surface area contributed by atoms with E-state index in [-0.39, 0.29) is 0 Å². The van der Waals surface area contributed by atoms with E-state index in [1.165, 1.54) is 16.7 Å². The first-order chi connectivity index (χ1) is 8.54. The van der Waals surface area contributed by atoms with Crippen LogP contribution in [0.5, 0.6) is 0 Å². The van der Waals surface area contributed by atoms with Crippen LogP contribution in [0.25, 0.3) is 0 Å². The predicted octanol–water partition coefficient (Wildman–Crippen LogP) is 1.11. The molecule has 1 rings (SSSR count). The number of likely N-dealkylation sites (N-methyl/N-ethyl adjacent to an activating group) is 1. The van der Waals surface area contributed by atoms with Crippen LogP contribution in [-0.2, 0) is 11.2 Å². The van der Waals surface area contributed by atoms with Gasteiger partial charge in [-0.3, -0.25) is 4.79 Å². The average molecular weight is 250 g/mol. The quantitative estimate of drug-likeness (QED) is 0.634. The van der Waals surface area contributed by atoms with Gasteiger partial charge in [-0.1, -0.05) is 23.8 Å². The van der Waals surface area contributed by atoms with E-state index in [4.69, 9.17) is 5.11 Å². The summed E-state index contributed by atoms with van der Waals surface area (Å²) in [6, 6.07) is 5.89. The highest BCUT2D eigenvalue weighted by Crippen LogP contribution is 2.10. The second-order valence-corrected chi connectivity index (χ2v) is 4.56. The number of aryl methyl sites for hydroxylation is 2. The Bertz CT molecular complexity index is 405. The number of hydrogen-bond acceptors (Lipinski definition) is 3. The number of aliphatic carboxylic acids is 1. The summed E-state index contributed by atoms with van der Waals surface area (Å²) in [4.78, 5) is 10.8. The highest BCUT2D eigenvalue weighted by Gasteiger charge is 2.13. The fourth-order valence-corrected chi connectivity index (χ4v) is 1.85. The first kappa shape index (κ1) is 14.7. The fraction of sp³-hybridized carbons (Fsp3) is 0.500. The van der Waals surface area contributed by atoms with Gasteiger partial charge in [0.1, 0.15) is 6.04 Å². The molecule has 0 aliphatic rings. The summed E-state index contributed by atoms with van der Waals surface area (Å²) in [5, 5.41) is 14.8. The van der Waals surface area contributed by atoms with Gasteiger partial charge >= 0.3 is 5.97 Å². The van der Waals surface area contributed by atoms with E-state index in [1.807, 2.05) is 0 Å². The Morgan fingerprint density at radius 3 is 2.72 bits per heavy atom. The topological polar surface area (TPSA) is 61.4 Å². The fourth-order valence-electron chi connectivity index (χ4n) is 1.85. The Morgan fingerprint density at radius 2 is 2.11 bits per heavy atom. The highest BCUT2D eigenvalue weighted by molar-refractivity contribution is 5.73. The van der Waals surface area contributed by atoms with Crippen molar-refractivity contribution in [1.29, 1.82) is 0 Å². The second-order valence-electron chi connectivity index (χ2n) is 4.56. The molecular formula is C14H22N2O2. The zero-order valence-electron chi connectivity index (χ0n) is 11.3. The normalized spacial score (nSPS) is 12.4. The van der Waals surface area contributed by atoms with Crippen molar-refractivity contribution >= 4 is 5.97 Å². The van der Waals surface area contributed by atoms with Crippen LogP contribution >= 0.6 is 0 Å². The molecule has 4 heteroatoms. The molecule has 1 atom stereocenters. The molecule has 0 bridgehead atoms. The zero-order chi connectivity index (χ0) is 13.5. The lowest BCUT2D eigenvalue weighted by molar-refractivity contribution is -0.139. The molecule has 0 aliphatic heterocycles. The smallest absolute Gasteiger partial charge is 0.322 e. The summed E-state index contributed by atoms with van der Waals surface area (Å²) in [5.74, 6) is -0.822. The number of benzene rings is 1. The summed E-state index contributed by atoms with van der Waals surface area (Å²) in [6.45, 7) is 5.41. The van der Waals surface area contributed by atoms with Gasteiger partial charge in [-0.15, -0.1) is 0 Å². The van der Waals surface area contributed by atoms with Crippen molar-refractivity contribution in [1.82, 2.24) is 10.6 Å². The van der Waals surface area contributed by atoms with E-state index >= 15 is 0 Å². The van der Waals surface area contributed by atoms with Gasteiger partial charge in [-0.2, -0.15) is 0 Å². The van der Waals surface area contributed by atoms with Gasteiger partial charge in [0, 0.05) is 6.54 Å². The largest absolute Gasteiger partial charge is 0.480 e. The van der Waals surface area contributed by atoms with Crippen LogP contribution in [0.2, 0.25) is 0 Å². The third kappa shape index (κ3) is 4.47. The van der Waals surface area contributed by atoms with Crippen LogP contribution in [0.1, 0.15) is 16.7 Å². The van der Waals surface area contributed by atoms with E-state index in [0.717, 1.165) is 13.0 Å². The number of carbonyl (C=O) groups is 1. The minimum Gasteiger partial charge on any atom is -0.480 e. The summed E-state index contributed by atoms with van der Waals surface area (Å²) < 4.78 is 0. The maximum atomic E-state index is 10.8. The Hall–Kier alpha value is -1.39. The molecule has 0 saturated carbocycles. The lowest BCUT2D eigenvalue weighted by Gasteiger charge is -2.13. The zero-order valence-corrected chi connectivity index (χ0v) is 11.3. The van der Waals surface area contributed by atoms with Crippen LogP contribution in [0.3, 0.4) is 0 Å². The molecule has 1 aromatic rings. The van der Waals surface area contributed by atoms with Gasteiger partial charge in [-0.05, 0) is 45.0 Å². The molecule has 0 heterocycles. The standard InChI is InChI=1S/C14H22N2O2/c1-10-4-5-11(2)12(8-10)6-7-16-9-13(15-3)14(17)18/h4-5,8,13,15-16H,6-7,9H2,1-3H3,(H,17,18).